The Morgan fingerprint density at radius 2 is 2.50 bits per heavy atom. The maximum Gasteiger partial charge on any atom is 0.0795 e. The second-order valence-corrected chi connectivity index (χ2v) is 2.27. The Balaban J connectivity index is 4.11. The number of terminal acetylenes is 1. The van der Waals surface area contributed by atoms with E-state index in [1.165, 1.54) is 0 Å². The fourth-order valence-electron chi connectivity index (χ4n) is 0.791. The van der Waals surface area contributed by atoms with Gasteiger partial charge in [-0.05, 0) is 6.08 Å². The summed E-state index contributed by atoms with van der Waals surface area (Å²) in [6.07, 6.45) is 9.00. The molecule has 0 aromatic rings. The number of aliphatic hydroxyl groups excluding tert-OH is 1. The Labute approximate surface area is 73.6 Å². The number of methoxy groups -OCH3 is 1. The van der Waals surface area contributed by atoms with E-state index in [4.69, 9.17) is 16.3 Å². The van der Waals surface area contributed by atoms with Crippen molar-refractivity contribution >= 4 is 0 Å². The van der Waals surface area contributed by atoms with Crippen molar-refractivity contribution < 1.29 is 9.84 Å². The molecule has 0 rings (SSSR count). The van der Waals surface area contributed by atoms with Crippen molar-refractivity contribution in [2.45, 2.75) is 12.5 Å². The van der Waals surface area contributed by atoms with Gasteiger partial charge >= 0.3 is 0 Å². The van der Waals surface area contributed by atoms with Crippen LogP contribution < -0.4 is 0 Å². The highest BCUT2D eigenvalue weighted by molar-refractivity contribution is 5.26. The van der Waals surface area contributed by atoms with Gasteiger partial charge in [-0.2, -0.15) is 0 Å². The maximum absolute atomic E-state index is 8.59. The molecule has 0 aliphatic rings. The molecule has 0 radical (unpaired) electrons. The lowest BCUT2D eigenvalue weighted by molar-refractivity contribution is 0.142. The van der Waals surface area contributed by atoms with Crippen molar-refractivity contribution in [2.24, 2.45) is 0 Å². The number of rotatable bonds is 5. The molecule has 0 aromatic heterocycles. The van der Waals surface area contributed by atoms with Gasteiger partial charge in [-0.15, -0.1) is 13.0 Å². The Bertz CT molecular complexity index is 198. The van der Waals surface area contributed by atoms with Crippen LogP contribution in [0.25, 0.3) is 0 Å². The third-order valence-electron chi connectivity index (χ3n) is 1.51. The molecule has 0 spiro atoms. The first kappa shape index (κ1) is 11.0. The topological polar surface area (TPSA) is 29.5 Å². The fourth-order valence-corrected chi connectivity index (χ4v) is 0.791. The fraction of sp³-hybridized carbons (Fsp3) is 0.400. The van der Waals surface area contributed by atoms with Crippen molar-refractivity contribution in [1.29, 1.82) is 0 Å². The van der Waals surface area contributed by atoms with Crippen LogP contribution in [0, 0.1) is 12.3 Å². The molecule has 0 unspecified atom stereocenters. The van der Waals surface area contributed by atoms with Crippen LogP contribution in [0.1, 0.15) is 6.42 Å². The van der Waals surface area contributed by atoms with Gasteiger partial charge < -0.3 is 9.84 Å². The minimum absolute atomic E-state index is 0.0346. The van der Waals surface area contributed by atoms with E-state index in [9.17, 15) is 0 Å². The van der Waals surface area contributed by atoms with Crippen LogP contribution >= 0.6 is 0 Å². The quantitative estimate of drug-likeness (QED) is 0.490. The molecule has 0 heterocycles. The molecule has 2 heteroatoms. The average molecular weight is 166 g/mol. The van der Waals surface area contributed by atoms with Gasteiger partial charge in [-0.25, -0.2) is 0 Å². The van der Waals surface area contributed by atoms with Crippen LogP contribution in [0.15, 0.2) is 24.3 Å². The van der Waals surface area contributed by atoms with E-state index in [1.54, 1.807) is 19.3 Å². The van der Waals surface area contributed by atoms with E-state index < -0.39 is 0 Å². The smallest absolute Gasteiger partial charge is 0.0795 e. The van der Waals surface area contributed by atoms with Crippen LogP contribution in [0.4, 0.5) is 0 Å². The molecule has 0 saturated heterocycles. The molecule has 0 aliphatic carbocycles. The minimum Gasteiger partial charge on any atom is -0.392 e. The van der Waals surface area contributed by atoms with E-state index >= 15 is 0 Å². The van der Waals surface area contributed by atoms with Gasteiger partial charge in [0.1, 0.15) is 0 Å². The van der Waals surface area contributed by atoms with Crippen molar-refractivity contribution in [3.05, 3.63) is 24.3 Å². The summed E-state index contributed by atoms with van der Waals surface area (Å²) in [7, 11) is 1.60. The van der Waals surface area contributed by atoms with E-state index in [0.29, 0.717) is 6.42 Å². The summed E-state index contributed by atoms with van der Waals surface area (Å²) in [4.78, 5) is 0. The van der Waals surface area contributed by atoms with Crippen LogP contribution in [-0.2, 0) is 4.74 Å². The number of aliphatic hydroxyl groups is 1. The zero-order valence-corrected chi connectivity index (χ0v) is 7.29. The molecular weight excluding hydrogens is 152 g/mol. The molecule has 1 atom stereocenters. The van der Waals surface area contributed by atoms with Crippen molar-refractivity contribution in [2.75, 3.05) is 13.7 Å². The van der Waals surface area contributed by atoms with E-state index in [1.807, 2.05) is 0 Å². The molecule has 0 saturated carbocycles. The summed E-state index contributed by atoms with van der Waals surface area (Å²) in [6, 6.07) is 0. The SMILES string of the molecule is C#C/C(=C\CO)C[C@H](C=C)OC. The highest BCUT2D eigenvalue weighted by atomic mass is 16.5. The molecule has 2 nitrogen and oxygen atoms in total. The molecule has 0 amide bonds. The Kier molecular flexibility index (Phi) is 6.08. The van der Waals surface area contributed by atoms with Gasteiger partial charge in [0, 0.05) is 19.1 Å². The van der Waals surface area contributed by atoms with Crippen LogP contribution in [0.2, 0.25) is 0 Å². The van der Waals surface area contributed by atoms with Crippen LogP contribution in [0.3, 0.4) is 0 Å². The largest absolute Gasteiger partial charge is 0.392 e. The minimum atomic E-state index is -0.0705. The monoisotopic (exact) mass is 166 g/mol. The molecule has 0 bridgehead atoms. The second kappa shape index (κ2) is 6.66. The predicted molar refractivity (Wildman–Crippen MR) is 49.6 cm³/mol. The summed E-state index contributed by atoms with van der Waals surface area (Å²) in [6.45, 7) is 3.56. The Morgan fingerprint density at radius 3 is 2.83 bits per heavy atom. The summed E-state index contributed by atoms with van der Waals surface area (Å²) in [5.41, 5.74) is 0.740. The summed E-state index contributed by atoms with van der Waals surface area (Å²) in [5.74, 6) is 2.48. The highest BCUT2D eigenvalue weighted by Gasteiger charge is 2.03. The highest BCUT2D eigenvalue weighted by Crippen LogP contribution is 2.07. The lowest BCUT2D eigenvalue weighted by Gasteiger charge is -2.09. The van der Waals surface area contributed by atoms with Gasteiger partial charge in [0.05, 0.1) is 12.7 Å². The molecule has 0 aromatic carbocycles. The lowest BCUT2D eigenvalue weighted by atomic mass is 10.1. The van der Waals surface area contributed by atoms with E-state index in [0.717, 1.165) is 5.57 Å². The number of hydrogen-bond acceptors (Lipinski definition) is 2. The summed E-state index contributed by atoms with van der Waals surface area (Å²) >= 11 is 0. The van der Waals surface area contributed by atoms with Gasteiger partial charge in [0.25, 0.3) is 0 Å². The van der Waals surface area contributed by atoms with Gasteiger partial charge in [-0.1, -0.05) is 12.0 Å². The zero-order chi connectivity index (χ0) is 9.40. The van der Waals surface area contributed by atoms with Gasteiger partial charge in [-0.3, -0.25) is 0 Å². The molecule has 12 heavy (non-hydrogen) atoms. The van der Waals surface area contributed by atoms with Crippen LogP contribution in [0.5, 0.6) is 0 Å². The van der Waals surface area contributed by atoms with Crippen molar-refractivity contribution in [3.8, 4) is 12.3 Å². The molecule has 0 fully saturated rings. The normalized spacial score (nSPS) is 13.6. The Hall–Kier alpha value is -1.04. The first-order valence-electron chi connectivity index (χ1n) is 3.70. The van der Waals surface area contributed by atoms with Crippen molar-refractivity contribution in [3.63, 3.8) is 0 Å². The molecular formula is C10H14O2. The van der Waals surface area contributed by atoms with Gasteiger partial charge in [0.2, 0.25) is 0 Å². The average Bonchev–Trinajstić information content (AvgIpc) is 2.12. The maximum atomic E-state index is 8.59. The van der Waals surface area contributed by atoms with E-state index in [-0.39, 0.29) is 12.7 Å². The number of ether oxygens (including phenoxy) is 1. The first-order valence-corrected chi connectivity index (χ1v) is 3.70. The third kappa shape index (κ3) is 3.97. The first-order chi connectivity index (χ1) is 5.78. The third-order valence-corrected chi connectivity index (χ3v) is 1.51. The molecule has 0 aliphatic heterocycles. The van der Waals surface area contributed by atoms with E-state index in [2.05, 4.69) is 12.5 Å². The van der Waals surface area contributed by atoms with Crippen LogP contribution in [-0.4, -0.2) is 24.9 Å². The summed E-state index contributed by atoms with van der Waals surface area (Å²) < 4.78 is 5.04. The van der Waals surface area contributed by atoms with Gasteiger partial charge in [0.15, 0.2) is 0 Å². The predicted octanol–water partition coefficient (Wildman–Crippen LogP) is 1.13. The molecule has 66 valence electrons. The molecule has 1 N–H and O–H groups in total. The van der Waals surface area contributed by atoms with Crippen molar-refractivity contribution in [1.82, 2.24) is 0 Å². The lowest BCUT2D eigenvalue weighted by Crippen LogP contribution is -2.07. The zero-order valence-electron chi connectivity index (χ0n) is 7.29. The Morgan fingerprint density at radius 1 is 1.83 bits per heavy atom. The standard InChI is InChI=1S/C10H14O2/c1-4-9(6-7-11)8-10(5-2)12-3/h1,5-6,10-11H,2,7-8H2,3H3/b9-6+/t10-/m0/s1. The number of hydrogen-bond donors (Lipinski definition) is 1. The summed E-state index contributed by atoms with van der Waals surface area (Å²) in [5, 5.41) is 8.59. The second-order valence-electron chi connectivity index (χ2n) is 2.27.